The van der Waals surface area contributed by atoms with Gasteiger partial charge in [-0.3, -0.25) is 9.69 Å². The van der Waals surface area contributed by atoms with E-state index in [1.807, 2.05) is 55.5 Å². The Balaban J connectivity index is 1.76. The Morgan fingerprint density at radius 2 is 1.83 bits per heavy atom. The number of hydrogen-bond donors (Lipinski definition) is 1. The quantitative estimate of drug-likeness (QED) is 0.796. The van der Waals surface area contributed by atoms with E-state index in [-0.39, 0.29) is 11.9 Å². The molecule has 0 saturated heterocycles. The second kappa shape index (κ2) is 7.47. The fourth-order valence-electron chi connectivity index (χ4n) is 3.79. The molecule has 2 aromatic rings. The third-order valence-corrected chi connectivity index (χ3v) is 5.33. The van der Waals surface area contributed by atoms with Crippen LogP contribution in [0.1, 0.15) is 17.2 Å². The van der Waals surface area contributed by atoms with Gasteiger partial charge in [-0.1, -0.05) is 35.9 Å². The SMILES string of the molecule is C=CCN1C(=O)N[C@H](c2ccc(OC)cc2)C2=C1CN(c1ccc(C)cc1)C2=O. The van der Waals surface area contributed by atoms with Crippen molar-refractivity contribution in [1.82, 2.24) is 10.2 Å². The highest BCUT2D eigenvalue weighted by Crippen LogP contribution is 2.38. The summed E-state index contributed by atoms with van der Waals surface area (Å²) < 4.78 is 5.23. The van der Waals surface area contributed by atoms with Gasteiger partial charge in [0.25, 0.3) is 5.91 Å². The molecule has 148 valence electrons. The number of hydrogen-bond acceptors (Lipinski definition) is 3. The number of aryl methyl sites for hydroxylation is 1. The van der Waals surface area contributed by atoms with E-state index in [0.717, 1.165) is 28.3 Å². The molecular weight excluding hydrogens is 366 g/mol. The van der Waals surface area contributed by atoms with Crippen LogP contribution in [0, 0.1) is 6.92 Å². The van der Waals surface area contributed by atoms with Crippen molar-refractivity contribution in [1.29, 1.82) is 0 Å². The van der Waals surface area contributed by atoms with Gasteiger partial charge >= 0.3 is 6.03 Å². The molecule has 2 aliphatic rings. The molecule has 6 heteroatoms. The van der Waals surface area contributed by atoms with Crippen LogP contribution in [0.25, 0.3) is 0 Å². The van der Waals surface area contributed by atoms with Crippen molar-refractivity contribution in [3.05, 3.63) is 83.6 Å². The number of methoxy groups -OCH3 is 1. The lowest BCUT2D eigenvalue weighted by atomic mass is 9.95. The van der Waals surface area contributed by atoms with Gasteiger partial charge in [-0.05, 0) is 36.8 Å². The molecule has 1 atom stereocenters. The fraction of sp³-hybridized carbons (Fsp3) is 0.217. The highest BCUT2D eigenvalue weighted by molar-refractivity contribution is 6.11. The average Bonchev–Trinajstić information content (AvgIpc) is 3.08. The van der Waals surface area contributed by atoms with E-state index in [4.69, 9.17) is 4.74 Å². The maximum Gasteiger partial charge on any atom is 0.322 e. The van der Waals surface area contributed by atoms with Crippen molar-refractivity contribution in [2.75, 3.05) is 25.1 Å². The van der Waals surface area contributed by atoms with Crippen LogP contribution in [0.5, 0.6) is 5.75 Å². The largest absolute Gasteiger partial charge is 0.497 e. The molecule has 0 radical (unpaired) electrons. The van der Waals surface area contributed by atoms with Gasteiger partial charge < -0.3 is 15.0 Å². The number of anilines is 1. The molecule has 2 aromatic carbocycles. The summed E-state index contributed by atoms with van der Waals surface area (Å²) in [6.45, 7) is 6.45. The molecular formula is C23H23N3O3. The lowest BCUT2D eigenvalue weighted by molar-refractivity contribution is -0.114. The Hall–Kier alpha value is -3.54. The van der Waals surface area contributed by atoms with Crippen LogP contribution in [0.3, 0.4) is 0 Å². The fourth-order valence-corrected chi connectivity index (χ4v) is 3.79. The van der Waals surface area contributed by atoms with Crippen molar-refractivity contribution < 1.29 is 14.3 Å². The zero-order valence-electron chi connectivity index (χ0n) is 16.5. The number of ether oxygens (including phenoxy) is 1. The number of rotatable bonds is 5. The zero-order chi connectivity index (χ0) is 20.5. The van der Waals surface area contributed by atoms with Gasteiger partial charge in [-0.2, -0.15) is 0 Å². The van der Waals surface area contributed by atoms with E-state index in [1.165, 1.54) is 0 Å². The molecule has 29 heavy (non-hydrogen) atoms. The minimum atomic E-state index is -0.507. The predicted molar refractivity (Wildman–Crippen MR) is 112 cm³/mol. The van der Waals surface area contributed by atoms with Crippen LogP contribution in [-0.2, 0) is 4.79 Å². The van der Waals surface area contributed by atoms with Gasteiger partial charge in [0.05, 0.1) is 31.0 Å². The zero-order valence-corrected chi connectivity index (χ0v) is 16.5. The average molecular weight is 389 g/mol. The van der Waals surface area contributed by atoms with Crippen molar-refractivity contribution in [3.63, 3.8) is 0 Å². The normalized spacial score (nSPS) is 18.6. The minimum absolute atomic E-state index is 0.0984. The van der Waals surface area contributed by atoms with Crippen LogP contribution in [0.15, 0.2) is 72.5 Å². The third-order valence-electron chi connectivity index (χ3n) is 5.33. The van der Waals surface area contributed by atoms with E-state index >= 15 is 0 Å². The second-order valence-corrected chi connectivity index (χ2v) is 7.14. The Labute approximate surface area is 170 Å². The summed E-state index contributed by atoms with van der Waals surface area (Å²) in [5.41, 5.74) is 4.09. The topological polar surface area (TPSA) is 61.9 Å². The summed E-state index contributed by atoms with van der Waals surface area (Å²) in [5, 5.41) is 2.98. The van der Waals surface area contributed by atoms with E-state index < -0.39 is 6.04 Å². The maximum atomic E-state index is 13.4. The number of carbonyl (C=O) groups excluding carboxylic acids is 2. The van der Waals surface area contributed by atoms with Crippen LogP contribution in [-0.4, -0.2) is 37.0 Å². The molecule has 0 aromatic heterocycles. The third kappa shape index (κ3) is 3.27. The molecule has 2 heterocycles. The molecule has 4 rings (SSSR count). The van der Waals surface area contributed by atoms with Gasteiger partial charge in [-0.15, -0.1) is 6.58 Å². The smallest absolute Gasteiger partial charge is 0.322 e. The summed E-state index contributed by atoms with van der Waals surface area (Å²) in [4.78, 5) is 29.5. The highest BCUT2D eigenvalue weighted by Gasteiger charge is 2.44. The predicted octanol–water partition coefficient (Wildman–Crippen LogP) is 3.56. The molecule has 3 amide bonds. The van der Waals surface area contributed by atoms with Gasteiger partial charge in [0, 0.05) is 12.2 Å². The second-order valence-electron chi connectivity index (χ2n) is 7.14. The van der Waals surface area contributed by atoms with Crippen LogP contribution in [0.4, 0.5) is 10.5 Å². The molecule has 2 aliphatic heterocycles. The van der Waals surface area contributed by atoms with Crippen molar-refractivity contribution in [3.8, 4) is 5.75 Å². The van der Waals surface area contributed by atoms with E-state index in [1.54, 1.807) is 23.0 Å². The maximum absolute atomic E-state index is 13.4. The molecule has 6 nitrogen and oxygen atoms in total. The molecule has 0 saturated carbocycles. The van der Waals surface area contributed by atoms with Crippen molar-refractivity contribution >= 4 is 17.6 Å². The molecule has 0 spiro atoms. The highest BCUT2D eigenvalue weighted by atomic mass is 16.5. The summed E-state index contributed by atoms with van der Waals surface area (Å²) in [5.74, 6) is 0.621. The Bertz CT molecular complexity index is 993. The number of benzene rings is 2. The number of nitrogens with zero attached hydrogens (tertiary/aromatic N) is 2. The molecule has 0 fully saturated rings. The van der Waals surface area contributed by atoms with Gasteiger partial charge in [0.1, 0.15) is 5.75 Å². The standard InChI is InChI=1S/C23H23N3O3/c1-4-13-25-19-14-26(17-9-5-15(2)6-10-17)22(27)20(19)21(24-23(25)28)16-7-11-18(29-3)12-8-16/h4-12,21H,1,13-14H2,2-3H3,(H,24,28)/t21-/m1/s1. The monoisotopic (exact) mass is 389 g/mol. The van der Waals surface area contributed by atoms with E-state index in [2.05, 4.69) is 11.9 Å². The number of urea groups is 1. The molecule has 0 unspecified atom stereocenters. The molecule has 0 aliphatic carbocycles. The Morgan fingerprint density at radius 3 is 2.45 bits per heavy atom. The number of amides is 3. The first-order chi connectivity index (χ1) is 14.0. The number of nitrogens with one attached hydrogen (secondary N) is 1. The van der Waals surface area contributed by atoms with Crippen molar-refractivity contribution in [2.45, 2.75) is 13.0 Å². The number of carbonyl (C=O) groups is 2. The summed E-state index contributed by atoms with van der Waals surface area (Å²) >= 11 is 0. The molecule has 1 N–H and O–H groups in total. The van der Waals surface area contributed by atoms with E-state index in [0.29, 0.717) is 18.7 Å². The van der Waals surface area contributed by atoms with Crippen molar-refractivity contribution in [2.24, 2.45) is 0 Å². The van der Waals surface area contributed by atoms with Crippen LogP contribution in [0.2, 0.25) is 0 Å². The first-order valence-corrected chi connectivity index (χ1v) is 9.48. The van der Waals surface area contributed by atoms with Crippen LogP contribution >= 0.6 is 0 Å². The van der Waals surface area contributed by atoms with Gasteiger partial charge in [0.15, 0.2) is 0 Å². The van der Waals surface area contributed by atoms with Gasteiger partial charge in [0.2, 0.25) is 0 Å². The summed E-state index contributed by atoms with van der Waals surface area (Å²) in [7, 11) is 1.60. The Morgan fingerprint density at radius 1 is 1.14 bits per heavy atom. The first-order valence-electron chi connectivity index (χ1n) is 9.48. The van der Waals surface area contributed by atoms with Gasteiger partial charge in [-0.25, -0.2) is 4.79 Å². The first kappa shape index (κ1) is 18.8. The van der Waals surface area contributed by atoms with Crippen LogP contribution < -0.4 is 15.0 Å². The van der Waals surface area contributed by atoms with E-state index in [9.17, 15) is 9.59 Å². The lowest BCUT2D eigenvalue weighted by Gasteiger charge is -2.33. The summed E-state index contributed by atoms with van der Waals surface area (Å²) in [6, 6.07) is 14.5. The lowest BCUT2D eigenvalue weighted by Crippen LogP contribution is -2.47. The Kier molecular flexibility index (Phi) is 4.84. The molecule has 0 bridgehead atoms. The summed E-state index contributed by atoms with van der Waals surface area (Å²) in [6.07, 6.45) is 1.66. The minimum Gasteiger partial charge on any atom is -0.497 e.